The van der Waals surface area contributed by atoms with Crippen LogP contribution in [0.1, 0.15) is 29.8 Å². The Hall–Kier alpha value is -3.08. The first kappa shape index (κ1) is 18.7. The predicted octanol–water partition coefficient (Wildman–Crippen LogP) is 3.39. The second-order valence-electron chi connectivity index (χ2n) is 6.81. The first-order valence-corrected chi connectivity index (χ1v) is 9.05. The van der Waals surface area contributed by atoms with Crippen LogP contribution in [0.3, 0.4) is 0 Å². The lowest BCUT2D eigenvalue weighted by Crippen LogP contribution is -2.32. The van der Waals surface area contributed by atoms with Crippen molar-refractivity contribution >= 4 is 16.7 Å². The third kappa shape index (κ3) is 4.19. The summed E-state index contributed by atoms with van der Waals surface area (Å²) in [4.78, 5) is 25.5. The number of ether oxygens (including phenoxy) is 1. The van der Waals surface area contributed by atoms with Crippen LogP contribution in [0.25, 0.3) is 10.8 Å². The Kier molecular flexibility index (Phi) is 5.60. The lowest BCUT2D eigenvalue weighted by Gasteiger charge is -2.14. The summed E-state index contributed by atoms with van der Waals surface area (Å²) in [6.45, 7) is 4.33. The highest BCUT2D eigenvalue weighted by molar-refractivity contribution is 6.06. The molecular weight excluding hydrogens is 340 g/mol. The van der Waals surface area contributed by atoms with Crippen LogP contribution in [-0.2, 0) is 13.0 Å². The summed E-state index contributed by atoms with van der Waals surface area (Å²) in [7, 11) is 1.63. The maximum Gasteiger partial charge on any atom is 0.258 e. The van der Waals surface area contributed by atoms with Gasteiger partial charge in [-0.15, -0.1) is 0 Å². The number of benzene rings is 2. The highest BCUT2D eigenvalue weighted by Crippen LogP contribution is 2.17. The van der Waals surface area contributed by atoms with Gasteiger partial charge < -0.3 is 14.6 Å². The Morgan fingerprint density at radius 3 is 2.37 bits per heavy atom. The molecule has 0 saturated carbocycles. The van der Waals surface area contributed by atoms with Crippen molar-refractivity contribution < 1.29 is 9.53 Å². The number of aromatic nitrogens is 1. The number of amides is 1. The Morgan fingerprint density at radius 2 is 1.74 bits per heavy atom. The number of hydrogen-bond acceptors (Lipinski definition) is 3. The molecule has 2 aromatic carbocycles. The summed E-state index contributed by atoms with van der Waals surface area (Å²) >= 11 is 0. The van der Waals surface area contributed by atoms with Crippen LogP contribution in [0.2, 0.25) is 0 Å². The van der Waals surface area contributed by atoms with Gasteiger partial charge in [0.1, 0.15) is 5.75 Å². The quantitative estimate of drug-likeness (QED) is 0.729. The molecule has 0 atom stereocenters. The van der Waals surface area contributed by atoms with Crippen LogP contribution in [-0.4, -0.2) is 23.6 Å². The van der Waals surface area contributed by atoms with E-state index in [-0.39, 0.29) is 17.5 Å². The molecular formula is C22H24N2O3. The van der Waals surface area contributed by atoms with Gasteiger partial charge in [0.15, 0.2) is 0 Å². The zero-order valence-corrected chi connectivity index (χ0v) is 15.9. The van der Waals surface area contributed by atoms with Crippen LogP contribution in [0.5, 0.6) is 5.75 Å². The topological polar surface area (TPSA) is 60.3 Å². The average molecular weight is 364 g/mol. The first-order chi connectivity index (χ1) is 13.0. The van der Waals surface area contributed by atoms with E-state index in [4.69, 9.17) is 4.74 Å². The SMILES string of the molecule is COc1ccc(CCn2cc(C(=O)NC(C)C)c3ccccc3c2=O)cc1. The van der Waals surface area contributed by atoms with Crippen molar-refractivity contribution in [2.45, 2.75) is 32.9 Å². The number of methoxy groups -OCH3 is 1. The maximum atomic E-state index is 12.9. The van der Waals surface area contributed by atoms with Crippen LogP contribution < -0.4 is 15.6 Å². The fourth-order valence-electron chi connectivity index (χ4n) is 3.07. The fourth-order valence-corrected chi connectivity index (χ4v) is 3.07. The summed E-state index contributed by atoms with van der Waals surface area (Å²) in [5, 5.41) is 4.16. The van der Waals surface area contributed by atoms with Crippen molar-refractivity contribution in [1.82, 2.24) is 9.88 Å². The lowest BCUT2D eigenvalue weighted by atomic mass is 10.1. The van der Waals surface area contributed by atoms with E-state index < -0.39 is 0 Å². The number of fused-ring (bicyclic) bond motifs is 1. The molecule has 0 fully saturated rings. The number of rotatable bonds is 6. The van der Waals surface area contributed by atoms with E-state index >= 15 is 0 Å². The summed E-state index contributed by atoms with van der Waals surface area (Å²) in [6.07, 6.45) is 2.36. The van der Waals surface area contributed by atoms with Crippen molar-refractivity contribution in [3.8, 4) is 5.75 Å². The third-order valence-electron chi connectivity index (χ3n) is 4.46. The van der Waals surface area contributed by atoms with Gasteiger partial charge in [-0.1, -0.05) is 30.3 Å². The van der Waals surface area contributed by atoms with Crippen molar-refractivity contribution in [3.63, 3.8) is 0 Å². The van der Waals surface area contributed by atoms with E-state index in [1.807, 2.05) is 56.3 Å². The van der Waals surface area contributed by atoms with Gasteiger partial charge in [-0.2, -0.15) is 0 Å². The molecule has 140 valence electrons. The molecule has 1 heterocycles. The van der Waals surface area contributed by atoms with Gasteiger partial charge in [0.2, 0.25) is 0 Å². The molecule has 1 amide bonds. The Morgan fingerprint density at radius 1 is 1.07 bits per heavy atom. The van der Waals surface area contributed by atoms with Crippen molar-refractivity contribution in [2.24, 2.45) is 0 Å². The molecule has 0 bridgehead atoms. The monoisotopic (exact) mass is 364 g/mol. The van der Waals surface area contributed by atoms with E-state index in [0.717, 1.165) is 11.3 Å². The zero-order chi connectivity index (χ0) is 19.4. The summed E-state index contributed by atoms with van der Waals surface area (Å²) in [5.74, 6) is 0.633. The third-order valence-corrected chi connectivity index (χ3v) is 4.46. The molecule has 3 aromatic rings. The molecule has 0 aliphatic heterocycles. The molecule has 0 radical (unpaired) electrons. The van der Waals surface area contributed by atoms with Gasteiger partial charge >= 0.3 is 0 Å². The van der Waals surface area contributed by atoms with Crippen LogP contribution in [0.15, 0.2) is 59.5 Å². The molecule has 3 rings (SSSR count). The standard InChI is InChI=1S/C22H24N2O3/c1-15(2)23-21(25)20-14-24(22(26)19-7-5-4-6-18(19)20)13-12-16-8-10-17(27-3)11-9-16/h4-11,14-15H,12-13H2,1-3H3,(H,23,25). The highest BCUT2D eigenvalue weighted by atomic mass is 16.5. The minimum Gasteiger partial charge on any atom is -0.497 e. The van der Waals surface area contributed by atoms with Gasteiger partial charge in [0.25, 0.3) is 11.5 Å². The largest absolute Gasteiger partial charge is 0.497 e. The number of hydrogen-bond donors (Lipinski definition) is 1. The highest BCUT2D eigenvalue weighted by Gasteiger charge is 2.15. The van der Waals surface area contributed by atoms with E-state index in [1.165, 1.54) is 0 Å². The van der Waals surface area contributed by atoms with Gasteiger partial charge in [-0.05, 0) is 44.0 Å². The second-order valence-corrected chi connectivity index (χ2v) is 6.81. The maximum absolute atomic E-state index is 12.9. The van der Waals surface area contributed by atoms with Crippen molar-refractivity contribution in [3.05, 3.63) is 76.2 Å². The molecule has 5 nitrogen and oxygen atoms in total. The summed E-state index contributed by atoms with van der Waals surface area (Å²) < 4.78 is 6.80. The van der Waals surface area contributed by atoms with E-state index in [0.29, 0.717) is 29.3 Å². The normalized spacial score (nSPS) is 11.0. The van der Waals surface area contributed by atoms with E-state index in [1.54, 1.807) is 23.9 Å². The van der Waals surface area contributed by atoms with Gasteiger partial charge in [-0.3, -0.25) is 9.59 Å². The Balaban J connectivity index is 1.95. The number of nitrogens with zero attached hydrogens (tertiary/aromatic N) is 1. The summed E-state index contributed by atoms with van der Waals surface area (Å²) in [5.41, 5.74) is 1.54. The zero-order valence-electron chi connectivity index (χ0n) is 15.9. The summed E-state index contributed by atoms with van der Waals surface area (Å²) in [6, 6.07) is 15.1. The van der Waals surface area contributed by atoms with Crippen LogP contribution >= 0.6 is 0 Å². The number of nitrogens with one attached hydrogen (secondary N) is 1. The molecule has 0 saturated heterocycles. The van der Waals surface area contributed by atoms with Crippen molar-refractivity contribution in [1.29, 1.82) is 0 Å². The molecule has 1 N–H and O–H groups in total. The fraction of sp³-hybridized carbons (Fsp3) is 0.273. The Labute approximate surface area is 158 Å². The molecule has 0 spiro atoms. The van der Waals surface area contributed by atoms with Gasteiger partial charge in [0.05, 0.1) is 12.7 Å². The molecule has 27 heavy (non-hydrogen) atoms. The van der Waals surface area contributed by atoms with E-state index in [2.05, 4.69) is 5.32 Å². The molecule has 1 aromatic heterocycles. The lowest BCUT2D eigenvalue weighted by molar-refractivity contribution is 0.0944. The second kappa shape index (κ2) is 8.08. The minimum absolute atomic E-state index is 0.0240. The predicted molar refractivity (Wildman–Crippen MR) is 108 cm³/mol. The molecule has 0 unspecified atom stereocenters. The average Bonchev–Trinajstić information content (AvgIpc) is 2.67. The van der Waals surface area contributed by atoms with E-state index in [9.17, 15) is 9.59 Å². The minimum atomic E-state index is -0.167. The smallest absolute Gasteiger partial charge is 0.258 e. The number of carbonyl (C=O) groups excluding carboxylic acids is 1. The Bertz CT molecular complexity index is 1000. The first-order valence-electron chi connectivity index (χ1n) is 9.05. The molecule has 0 aliphatic rings. The van der Waals surface area contributed by atoms with Crippen molar-refractivity contribution in [2.75, 3.05) is 7.11 Å². The molecule has 5 heteroatoms. The molecule has 0 aliphatic carbocycles. The number of pyridine rings is 1. The van der Waals surface area contributed by atoms with Gasteiger partial charge in [-0.25, -0.2) is 0 Å². The number of carbonyl (C=O) groups is 1. The van der Waals surface area contributed by atoms with Crippen LogP contribution in [0.4, 0.5) is 0 Å². The number of aryl methyl sites for hydroxylation is 2. The van der Waals surface area contributed by atoms with Gasteiger partial charge in [0, 0.05) is 29.6 Å². The van der Waals surface area contributed by atoms with Crippen LogP contribution in [0, 0.1) is 0 Å².